The molecule has 2 atom stereocenters. The van der Waals surface area contributed by atoms with Crippen molar-refractivity contribution < 1.29 is 28.2 Å². The molecule has 2 aromatic heterocycles. The number of likely N-dealkylation sites (tertiary alicyclic amines) is 1. The number of hydrogen-bond acceptors (Lipinski definition) is 7. The van der Waals surface area contributed by atoms with Crippen molar-refractivity contribution in [2.45, 2.75) is 31.7 Å². The molecule has 2 amide bonds. The lowest BCUT2D eigenvalue weighted by atomic mass is 10.0. The van der Waals surface area contributed by atoms with Gasteiger partial charge in [-0.2, -0.15) is 0 Å². The summed E-state index contributed by atoms with van der Waals surface area (Å²) in [6.07, 6.45) is 6.56. The number of fused-ring (bicyclic) bond motifs is 3. The number of anilines is 2. The Labute approximate surface area is 218 Å². The number of halogens is 1. The van der Waals surface area contributed by atoms with Crippen LogP contribution in [0.5, 0.6) is 11.5 Å². The van der Waals surface area contributed by atoms with Crippen LogP contribution in [-0.2, 0) is 11.2 Å². The van der Waals surface area contributed by atoms with E-state index in [2.05, 4.69) is 20.6 Å². The summed E-state index contributed by atoms with van der Waals surface area (Å²) >= 11 is 0. The SMILES string of the molecule is COc1c(F)cccc1Nc1c(-c2ccncc2OCOC(=O)N2CC3CCC2C3)[nH]c2c1C(=O)NCC2. The number of nitrogens with one attached hydrogen (secondary N) is 3. The topological polar surface area (TPSA) is 118 Å². The van der Waals surface area contributed by atoms with Crippen LogP contribution in [-0.4, -0.2) is 59.9 Å². The Morgan fingerprint density at radius 3 is 2.97 bits per heavy atom. The second-order valence-corrected chi connectivity index (χ2v) is 9.71. The predicted octanol–water partition coefficient (Wildman–Crippen LogP) is 4.21. The molecule has 1 saturated carbocycles. The maximum Gasteiger partial charge on any atom is 0.412 e. The summed E-state index contributed by atoms with van der Waals surface area (Å²) in [6, 6.07) is 6.51. The van der Waals surface area contributed by atoms with Crippen LogP contribution in [0.25, 0.3) is 11.3 Å². The molecule has 4 heterocycles. The third kappa shape index (κ3) is 4.27. The third-order valence-corrected chi connectivity index (χ3v) is 7.49. The van der Waals surface area contributed by atoms with E-state index in [0.29, 0.717) is 52.8 Å². The Morgan fingerprint density at radius 2 is 2.18 bits per heavy atom. The summed E-state index contributed by atoms with van der Waals surface area (Å²) in [6.45, 7) is 0.936. The summed E-state index contributed by atoms with van der Waals surface area (Å²) in [5, 5.41) is 6.06. The summed E-state index contributed by atoms with van der Waals surface area (Å²) in [5.74, 6) is 0.165. The standard InChI is InChI=1S/C27H28FN5O5/c1-36-25-18(28)3-2-4-20(25)32-24-22-19(8-10-30-26(22)34)31-23(24)17-7-9-29-12-21(17)37-14-38-27(35)33-13-15-5-6-16(33)11-15/h2-4,7,9,12,15-16,31-32H,5-6,8,10-11,13-14H2,1H3,(H,30,34). The second kappa shape index (κ2) is 9.88. The molecule has 11 heteroatoms. The number of rotatable bonds is 7. The highest BCUT2D eigenvalue weighted by atomic mass is 19.1. The summed E-state index contributed by atoms with van der Waals surface area (Å²) in [5.41, 5.74) is 3.12. The lowest BCUT2D eigenvalue weighted by Crippen LogP contribution is -2.38. The van der Waals surface area contributed by atoms with Gasteiger partial charge in [-0.25, -0.2) is 9.18 Å². The monoisotopic (exact) mass is 521 g/mol. The molecule has 38 heavy (non-hydrogen) atoms. The number of aromatic amines is 1. The molecular weight excluding hydrogens is 493 g/mol. The van der Waals surface area contributed by atoms with Gasteiger partial charge in [0.05, 0.1) is 35.9 Å². The van der Waals surface area contributed by atoms with Gasteiger partial charge < -0.3 is 34.7 Å². The molecule has 2 aliphatic heterocycles. The smallest absolute Gasteiger partial charge is 0.412 e. The normalized spacial score (nSPS) is 19.6. The number of amides is 2. The first-order valence-corrected chi connectivity index (χ1v) is 12.7. The molecule has 3 aliphatic rings. The number of pyridine rings is 1. The molecule has 0 radical (unpaired) electrons. The maximum absolute atomic E-state index is 14.4. The van der Waals surface area contributed by atoms with E-state index in [1.807, 2.05) is 0 Å². The van der Waals surface area contributed by atoms with Gasteiger partial charge in [0.25, 0.3) is 5.91 Å². The highest BCUT2D eigenvalue weighted by Crippen LogP contribution is 2.42. The Bertz CT molecular complexity index is 1390. The van der Waals surface area contributed by atoms with Crippen LogP contribution in [0.1, 0.15) is 35.3 Å². The van der Waals surface area contributed by atoms with Crippen molar-refractivity contribution in [2.75, 3.05) is 32.3 Å². The van der Waals surface area contributed by atoms with Gasteiger partial charge in [0.15, 0.2) is 17.3 Å². The first kappa shape index (κ1) is 24.1. The first-order valence-electron chi connectivity index (χ1n) is 12.7. The van der Waals surface area contributed by atoms with Crippen molar-refractivity contribution in [3.05, 3.63) is 53.7 Å². The Morgan fingerprint density at radius 1 is 1.29 bits per heavy atom. The summed E-state index contributed by atoms with van der Waals surface area (Å²) in [7, 11) is 1.38. The van der Waals surface area contributed by atoms with Crippen molar-refractivity contribution in [2.24, 2.45) is 5.92 Å². The lowest BCUT2D eigenvalue weighted by molar-refractivity contribution is 0.0294. The molecular formula is C27H28FN5O5. The largest absolute Gasteiger partial charge is 0.492 e. The number of piperidine rings is 1. The molecule has 6 rings (SSSR count). The zero-order valence-electron chi connectivity index (χ0n) is 20.9. The molecule has 2 fully saturated rings. The molecule has 2 bridgehead atoms. The fourth-order valence-corrected chi connectivity index (χ4v) is 5.73. The molecule has 1 saturated heterocycles. The number of hydrogen-bond donors (Lipinski definition) is 3. The van der Waals surface area contributed by atoms with Gasteiger partial charge in [-0.05, 0) is 43.4 Å². The van der Waals surface area contributed by atoms with Gasteiger partial charge in [0.1, 0.15) is 0 Å². The van der Waals surface area contributed by atoms with E-state index in [0.717, 1.165) is 25.1 Å². The van der Waals surface area contributed by atoms with E-state index in [1.54, 1.807) is 29.3 Å². The number of methoxy groups -OCH3 is 1. The van der Waals surface area contributed by atoms with Crippen LogP contribution in [0.2, 0.25) is 0 Å². The van der Waals surface area contributed by atoms with Crippen LogP contribution in [0, 0.1) is 11.7 Å². The van der Waals surface area contributed by atoms with E-state index in [9.17, 15) is 14.0 Å². The van der Waals surface area contributed by atoms with E-state index < -0.39 is 5.82 Å². The minimum atomic E-state index is -0.533. The lowest BCUT2D eigenvalue weighted by Gasteiger charge is -2.26. The highest BCUT2D eigenvalue weighted by Gasteiger charge is 2.41. The van der Waals surface area contributed by atoms with Crippen LogP contribution in [0.15, 0.2) is 36.7 Å². The predicted molar refractivity (Wildman–Crippen MR) is 136 cm³/mol. The van der Waals surface area contributed by atoms with Crippen LogP contribution >= 0.6 is 0 Å². The van der Waals surface area contributed by atoms with E-state index in [-0.39, 0.29) is 30.6 Å². The number of H-pyrrole nitrogens is 1. The van der Waals surface area contributed by atoms with Gasteiger partial charge in [-0.1, -0.05) is 6.07 Å². The number of benzene rings is 1. The molecule has 198 valence electrons. The maximum atomic E-state index is 14.4. The highest BCUT2D eigenvalue weighted by molar-refractivity contribution is 6.06. The Kier molecular flexibility index (Phi) is 6.26. The third-order valence-electron chi connectivity index (χ3n) is 7.49. The van der Waals surface area contributed by atoms with Crippen molar-refractivity contribution in [3.8, 4) is 22.8 Å². The average Bonchev–Trinajstić information content (AvgIpc) is 3.65. The Balaban J connectivity index is 1.29. The zero-order chi connectivity index (χ0) is 26.2. The minimum absolute atomic E-state index is 0.0262. The van der Waals surface area contributed by atoms with E-state index in [1.165, 1.54) is 25.8 Å². The minimum Gasteiger partial charge on any atom is -0.492 e. The van der Waals surface area contributed by atoms with Gasteiger partial charge in [-0.15, -0.1) is 0 Å². The van der Waals surface area contributed by atoms with Gasteiger partial charge in [0.2, 0.25) is 6.79 Å². The number of aromatic nitrogens is 2. The number of ether oxygens (including phenoxy) is 3. The van der Waals surface area contributed by atoms with Gasteiger partial charge in [0, 0.05) is 43.0 Å². The van der Waals surface area contributed by atoms with E-state index >= 15 is 0 Å². The average molecular weight is 522 g/mol. The van der Waals surface area contributed by atoms with Crippen LogP contribution in [0.3, 0.4) is 0 Å². The molecule has 3 N–H and O–H groups in total. The summed E-state index contributed by atoms with van der Waals surface area (Å²) < 4.78 is 31.0. The van der Waals surface area contributed by atoms with Gasteiger partial charge >= 0.3 is 6.09 Å². The van der Waals surface area contributed by atoms with Crippen molar-refractivity contribution in [1.29, 1.82) is 0 Å². The van der Waals surface area contributed by atoms with Crippen molar-refractivity contribution in [3.63, 3.8) is 0 Å². The molecule has 10 nitrogen and oxygen atoms in total. The van der Waals surface area contributed by atoms with Crippen LogP contribution < -0.4 is 20.1 Å². The molecule has 1 aromatic carbocycles. The van der Waals surface area contributed by atoms with Gasteiger partial charge in [-0.3, -0.25) is 9.78 Å². The fraction of sp³-hybridized carbons (Fsp3) is 0.370. The molecule has 3 aromatic rings. The zero-order valence-corrected chi connectivity index (χ0v) is 20.9. The summed E-state index contributed by atoms with van der Waals surface area (Å²) in [4.78, 5) is 34.8. The number of para-hydroxylation sites is 1. The molecule has 0 spiro atoms. The van der Waals surface area contributed by atoms with Crippen molar-refractivity contribution in [1.82, 2.24) is 20.2 Å². The van der Waals surface area contributed by atoms with Crippen molar-refractivity contribution >= 4 is 23.4 Å². The Hall–Kier alpha value is -4.28. The van der Waals surface area contributed by atoms with Crippen LogP contribution in [0.4, 0.5) is 20.6 Å². The molecule has 1 aliphatic carbocycles. The number of carbonyl (C=O) groups is 2. The quantitative estimate of drug-likeness (QED) is 0.399. The number of carbonyl (C=O) groups excluding carboxylic acids is 2. The van der Waals surface area contributed by atoms with E-state index in [4.69, 9.17) is 14.2 Å². The first-order chi connectivity index (χ1) is 18.5. The number of nitrogens with zero attached hydrogens (tertiary/aromatic N) is 2. The molecule has 2 unspecified atom stereocenters. The second-order valence-electron chi connectivity index (χ2n) is 9.71. The fourth-order valence-electron chi connectivity index (χ4n) is 5.73.